The Kier molecular flexibility index (Phi) is 6.24. The first-order valence-electron chi connectivity index (χ1n) is 8.71. The van der Waals surface area contributed by atoms with Crippen LogP contribution in [0.1, 0.15) is 11.1 Å². The van der Waals surface area contributed by atoms with Crippen LogP contribution in [0.25, 0.3) is 0 Å². The maximum absolute atomic E-state index is 12.5. The Bertz CT molecular complexity index is 785. The molecule has 0 radical (unpaired) electrons. The summed E-state index contributed by atoms with van der Waals surface area (Å²) in [5.41, 5.74) is 1.65. The smallest absolute Gasteiger partial charge is 0.387 e. The molecular weight excluding hydrogens is 354 g/mol. The molecule has 0 saturated carbocycles. The van der Waals surface area contributed by atoms with E-state index in [2.05, 4.69) is 4.74 Å². The number of methoxy groups -OCH3 is 1. The van der Waals surface area contributed by atoms with E-state index in [1.165, 1.54) is 6.07 Å². The fourth-order valence-electron chi connectivity index (χ4n) is 3.14. The van der Waals surface area contributed by atoms with Crippen molar-refractivity contribution in [2.75, 3.05) is 26.7 Å². The number of carbonyl (C=O) groups is 1. The van der Waals surface area contributed by atoms with E-state index in [4.69, 9.17) is 4.74 Å². The molecule has 1 aliphatic heterocycles. The molecule has 1 amide bonds. The maximum Gasteiger partial charge on any atom is 0.387 e. The van der Waals surface area contributed by atoms with Gasteiger partial charge in [0.15, 0.2) is 0 Å². The molecule has 1 heterocycles. The fraction of sp³-hybridized carbons (Fsp3) is 0.350. The average molecular weight is 376 g/mol. The zero-order chi connectivity index (χ0) is 19.2. The van der Waals surface area contributed by atoms with Crippen molar-refractivity contribution < 1.29 is 23.0 Å². The van der Waals surface area contributed by atoms with E-state index in [1.54, 1.807) is 30.2 Å². The summed E-state index contributed by atoms with van der Waals surface area (Å²) >= 11 is 0. The van der Waals surface area contributed by atoms with Crippen LogP contribution in [-0.4, -0.2) is 49.1 Å². The normalized spacial score (nSPS) is 15.3. The lowest BCUT2D eigenvalue weighted by atomic mass is 10.1. The highest BCUT2D eigenvalue weighted by atomic mass is 19.3. The fourth-order valence-corrected chi connectivity index (χ4v) is 3.14. The van der Waals surface area contributed by atoms with Gasteiger partial charge in [-0.15, -0.1) is 0 Å². The Morgan fingerprint density at radius 2 is 1.89 bits per heavy atom. The van der Waals surface area contributed by atoms with Gasteiger partial charge in [0.1, 0.15) is 11.5 Å². The molecule has 0 bridgehead atoms. The number of hydrogen-bond acceptors (Lipinski definition) is 4. The van der Waals surface area contributed by atoms with E-state index in [9.17, 15) is 13.6 Å². The maximum atomic E-state index is 12.5. The molecule has 0 aliphatic carbocycles. The molecule has 0 N–H and O–H groups in total. The van der Waals surface area contributed by atoms with E-state index in [1.807, 2.05) is 29.2 Å². The molecule has 0 unspecified atom stereocenters. The Balaban J connectivity index is 1.60. The molecule has 1 saturated heterocycles. The number of hydrogen-bond donors (Lipinski definition) is 0. The Morgan fingerprint density at radius 3 is 2.63 bits per heavy atom. The van der Waals surface area contributed by atoms with Gasteiger partial charge in [0, 0.05) is 31.7 Å². The van der Waals surface area contributed by atoms with Gasteiger partial charge in [0.2, 0.25) is 5.91 Å². The monoisotopic (exact) mass is 376 g/mol. The molecule has 0 spiro atoms. The van der Waals surface area contributed by atoms with E-state index in [0.717, 1.165) is 11.3 Å². The standard InChI is InChI=1S/C20H22F2N2O3/c1-26-17-7-4-5-15(11-17)12-24-10-9-23(14-19(24)25)13-16-6-2-3-8-18(16)27-20(21)22/h2-8,11,20H,9-10,12-14H2,1H3. The largest absolute Gasteiger partial charge is 0.497 e. The van der Waals surface area contributed by atoms with Crippen molar-refractivity contribution in [1.82, 2.24) is 9.80 Å². The van der Waals surface area contributed by atoms with E-state index >= 15 is 0 Å². The van der Waals surface area contributed by atoms with Gasteiger partial charge in [0.25, 0.3) is 0 Å². The third kappa shape index (κ3) is 5.17. The third-order valence-corrected chi connectivity index (χ3v) is 4.49. The van der Waals surface area contributed by atoms with E-state index in [0.29, 0.717) is 31.7 Å². The van der Waals surface area contributed by atoms with Crippen molar-refractivity contribution in [3.8, 4) is 11.5 Å². The van der Waals surface area contributed by atoms with Crippen LogP contribution in [0.2, 0.25) is 0 Å². The molecule has 3 rings (SSSR count). The molecule has 1 fully saturated rings. The van der Waals surface area contributed by atoms with E-state index in [-0.39, 0.29) is 18.2 Å². The van der Waals surface area contributed by atoms with Crippen LogP contribution >= 0.6 is 0 Å². The Hall–Kier alpha value is -2.67. The molecule has 27 heavy (non-hydrogen) atoms. The lowest BCUT2D eigenvalue weighted by Crippen LogP contribution is -2.49. The highest BCUT2D eigenvalue weighted by molar-refractivity contribution is 5.79. The topological polar surface area (TPSA) is 42.0 Å². The summed E-state index contributed by atoms with van der Waals surface area (Å²) in [5.74, 6) is 0.921. The van der Waals surface area contributed by atoms with Crippen LogP contribution in [0.15, 0.2) is 48.5 Å². The van der Waals surface area contributed by atoms with E-state index < -0.39 is 6.61 Å². The van der Waals surface area contributed by atoms with Gasteiger partial charge in [-0.2, -0.15) is 8.78 Å². The number of para-hydroxylation sites is 1. The highest BCUT2D eigenvalue weighted by Crippen LogP contribution is 2.23. The Morgan fingerprint density at radius 1 is 1.07 bits per heavy atom. The first kappa shape index (κ1) is 19.1. The SMILES string of the molecule is COc1cccc(CN2CCN(Cc3ccccc3OC(F)F)CC2=O)c1. The lowest BCUT2D eigenvalue weighted by molar-refractivity contribution is -0.137. The van der Waals surface area contributed by atoms with Crippen LogP contribution in [0.3, 0.4) is 0 Å². The number of halogens is 2. The van der Waals surface area contributed by atoms with Crippen molar-refractivity contribution in [2.45, 2.75) is 19.7 Å². The third-order valence-electron chi connectivity index (χ3n) is 4.49. The number of carbonyl (C=O) groups excluding carboxylic acids is 1. The molecule has 0 atom stereocenters. The summed E-state index contributed by atoms with van der Waals surface area (Å²) in [4.78, 5) is 16.3. The number of amides is 1. The number of alkyl halides is 2. The van der Waals surface area contributed by atoms with Gasteiger partial charge < -0.3 is 14.4 Å². The Labute approximate surface area is 157 Å². The molecule has 2 aromatic rings. The first-order valence-corrected chi connectivity index (χ1v) is 8.71. The molecule has 2 aromatic carbocycles. The lowest BCUT2D eigenvalue weighted by Gasteiger charge is -2.34. The summed E-state index contributed by atoms with van der Waals surface area (Å²) in [6.45, 7) is -0.469. The number of nitrogens with zero attached hydrogens (tertiary/aromatic N) is 2. The number of benzene rings is 2. The summed E-state index contributed by atoms with van der Waals surface area (Å²) in [6.07, 6.45) is 0. The van der Waals surface area contributed by atoms with Gasteiger partial charge >= 0.3 is 6.61 Å². The predicted molar refractivity (Wildman–Crippen MR) is 96.8 cm³/mol. The number of piperazine rings is 1. The van der Waals surface area contributed by atoms with Crippen molar-refractivity contribution in [2.24, 2.45) is 0 Å². The molecule has 144 valence electrons. The second-order valence-corrected chi connectivity index (χ2v) is 6.36. The van der Waals surface area contributed by atoms with Crippen LogP contribution in [0.5, 0.6) is 11.5 Å². The highest BCUT2D eigenvalue weighted by Gasteiger charge is 2.25. The predicted octanol–water partition coefficient (Wildman–Crippen LogP) is 3.14. The molecule has 5 nitrogen and oxygen atoms in total. The minimum absolute atomic E-state index is 0.0105. The molecule has 1 aliphatic rings. The summed E-state index contributed by atoms with van der Waals surface area (Å²) < 4.78 is 34.9. The first-order chi connectivity index (χ1) is 13.0. The zero-order valence-electron chi connectivity index (χ0n) is 15.1. The number of rotatable bonds is 7. The van der Waals surface area contributed by atoms with Crippen molar-refractivity contribution in [3.05, 3.63) is 59.7 Å². The van der Waals surface area contributed by atoms with Gasteiger partial charge in [-0.1, -0.05) is 30.3 Å². The van der Waals surface area contributed by atoms with Gasteiger partial charge in [-0.25, -0.2) is 0 Å². The summed E-state index contributed by atoms with van der Waals surface area (Å²) in [6, 6.07) is 14.3. The van der Waals surface area contributed by atoms with Crippen molar-refractivity contribution in [1.29, 1.82) is 0 Å². The molecular formula is C20H22F2N2O3. The van der Waals surface area contributed by atoms with Crippen LogP contribution < -0.4 is 9.47 Å². The summed E-state index contributed by atoms with van der Waals surface area (Å²) in [5, 5.41) is 0. The van der Waals surface area contributed by atoms with Crippen LogP contribution in [-0.2, 0) is 17.9 Å². The molecule has 0 aromatic heterocycles. The number of ether oxygens (including phenoxy) is 2. The van der Waals surface area contributed by atoms with Gasteiger partial charge in [-0.05, 0) is 23.8 Å². The van der Waals surface area contributed by atoms with Crippen LogP contribution in [0.4, 0.5) is 8.78 Å². The minimum Gasteiger partial charge on any atom is -0.497 e. The average Bonchev–Trinajstić information content (AvgIpc) is 2.65. The minimum atomic E-state index is -2.87. The van der Waals surface area contributed by atoms with Gasteiger partial charge in [0.05, 0.1) is 13.7 Å². The summed E-state index contributed by atoms with van der Waals surface area (Å²) in [7, 11) is 1.61. The van der Waals surface area contributed by atoms with Crippen molar-refractivity contribution in [3.63, 3.8) is 0 Å². The second kappa shape index (κ2) is 8.81. The zero-order valence-corrected chi connectivity index (χ0v) is 15.1. The second-order valence-electron chi connectivity index (χ2n) is 6.36. The quantitative estimate of drug-likeness (QED) is 0.745. The van der Waals surface area contributed by atoms with Crippen LogP contribution in [0, 0.1) is 0 Å². The molecule has 7 heteroatoms. The van der Waals surface area contributed by atoms with Crippen molar-refractivity contribution >= 4 is 5.91 Å². The van der Waals surface area contributed by atoms with Gasteiger partial charge in [-0.3, -0.25) is 9.69 Å².